The third-order valence-electron chi connectivity index (χ3n) is 1.99. The Bertz CT molecular complexity index is 453. The van der Waals surface area contributed by atoms with Crippen molar-refractivity contribution in [1.29, 1.82) is 0 Å². The van der Waals surface area contributed by atoms with Crippen molar-refractivity contribution in [2.24, 2.45) is 0 Å². The summed E-state index contributed by atoms with van der Waals surface area (Å²) in [6, 6.07) is 7.07. The summed E-state index contributed by atoms with van der Waals surface area (Å²) in [5, 5.41) is 15.6. The molecule has 15 heavy (non-hydrogen) atoms. The van der Waals surface area contributed by atoms with Crippen LogP contribution < -0.4 is 5.32 Å². The number of anilines is 1. The van der Waals surface area contributed by atoms with Crippen molar-refractivity contribution in [3.63, 3.8) is 0 Å². The summed E-state index contributed by atoms with van der Waals surface area (Å²) in [6.45, 7) is 2.68. The number of aryl methyl sites for hydroxylation is 1. The highest BCUT2D eigenvalue weighted by molar-refractivity contribution is 7.09. The predicted octanol–water partition coefficient (Wildman–Crippen LogP) is 2.77. The van der Waals surface area contributed by atoms with E-state index in [0.717, 1.165) is 16.4 Å². The second kappa shape index (κ2) is 4.31. The molecule has 2 aromatic rings. The molecule has 0 saturated carbocycles. The largest absolute Gasteiger partial charge is 0.508 e. The van der Waals surface area contributed by atoms with Crippen molar-refractivity contribution in [3.8, 4) is 5.75 Å². The van der Waals surface area contributed by atoms with Gasteiger partial charge in [-0.2, -0.15) is 0 Å². The molecule has 2 N–H and O–H groups in total. The van der Waals surface area contributed by atoms with Crippen molar-refractivity contribution in [3.05, 3.63) is 40.3 Å². The number of benzene rings is 1. The van der Waals surface area contributed by atoms with Gasteiger partial charge in [0, 0.05) is 17.1 Å². The van der Waals surface area contributed by atoms with Gasteiger partial charge in [0.2, 0.25) is 0 Å². The van der Waals surface area contributed by atoms with Crippen molar-refractivity contribution in [2.75, 3.05) is 5.32 Å². The Morgan fingerprint density at radius 2 is 2.33 bits per heavy atom. The zero-order valence-corrected chi connectivity index (χ0v) is 9.21. The molecule has 0 aliphatic carbocycles. The van der Waals surface area contributed by atoms with Crippen molar-refractivity contribution >= 4 is 17.0 Å². The van der Waals surface area contributed by atoms with E-state index in [9.17, 15) is 5.11 Å². The number of hydrogen-bond acceptors (Lipinski definition) is 4. The van der Waals surface area contributed by atoms with E-state index in [1.54, 1.807) is 23.5 Å². The Balaban J connectivity index is 1.99. The van der Waals surface area contributed by atoms with Crippen LogP contribution in [0, 0.1) is 6.92 Å². The zero-order chi connectivity index (χ0) is 10.7. The Labute approximate surface area is 92.4 Å². The first kappa shape index (κ1) is 9.98. The molecule has 2 rings (SSSR count). The van der Waals surface area contributed by atoms with Gasteiger partial charge >= 0.3 is 0 Å². The molecular formula is C11H12N2OS. The molecule has 1 aromatic carbocycles. The number of aromatic nitrogens is 1. The Hall–Kier alpha value is -1.55. The third-order valence-corrected chi connectivity index (χ3v) is 2.81. The third kappa shape index (κ3) is 2.70. The van der Waals surface area contributed by atoms with Gasteiger partial charge in [-0.1, -0.05) is 6.07 Å². The molecule has 0 aliphatic heterocycles. The molecule has 1 aromatic heterocycles. The van der Waals surface area contributed by atoms with Gasteiger partial charge in [-0.3, -0.25) is 0 Å². The van der Waals surface area contributed by atoms with Crippen molar-refractivity contribution in [2.45, 2.75) is 13.5 Å². The number of phenolic OH excluding ortho intramolecular Hbond substituents is 1. The van der Waals surface area contributed by atoms with Gasteiger partial charge in [-0.05, 0) is 19.1 Å². The lowest BCUT2D eigenvalue weighted by Crippen LogP contribution is -1.99. The first-order valence-electron chi connectivity index (χ1n) is 4.68. The van der Waals surface area contributed by atoms with E-state index in [1.165, 1.54) is 0 Å². The lowest BCUT2D eigenvalue weighted by atomic mass is 10.3. The average Bonchev–Trinajstić information content (AvgIpc) is 2.62. The molecule has 0 saturated heterocycles. The standard InChI is InChI=1S/C11H12N2OS/c1-8-13-10(7-15-8)6-12-9-3-2-4-11(14)5-9/h2-5,7,12,14H,6H2,1H3. The molecule has 0 amide bonds. The lowest BCUT2D eigenvalue weighted by molar-refractivity contribution is 0.475. The minimum absolute atomic E-state index is 0.273. The number of rotatable bonds is 3. The first-order chi connectivity index (χ1) is 7.24. The summed E-state index contributed by atoms with van der Waals surface area (Å²) >= 11 is 1.64. The SMILES string of the molecule is Cc1nc(CNc2cccc(O)c2)cs1. The second-order valence-electron chi connectivity index (χ2n) is 3.26. The summed E-state index contributed by atoms with van der Waals surface area (Å²) in [6.07, 6.45) is 0. The van der Waals surface area contributed by atoms with Gasteiger partial charge in [0.1, 0.15) is 5.75 Å². The van der Waals surface area contributed by atoms with Crippen molar-refractivity contribution < 1.29 is 5.11 Å². The number of thiazole rings is 1. The quantitative estimate of drug-likeness (QED) is 0.836. The summed E-state index contributed by atoms with van der Waals surface area (Å²) < 4.78 is 0. The van der Waals surface area contributed by atoms with Gasteiger partial charge in [-0.25, -0.2) is 4.98 Å². The van der Waals surface area contributed by atoms with E-state index in [2.05, 4.69) is 10.3 Å². The smallest absolute Gasteiger partial charge is 0.117 e. The molecule has 0 bridgehead atoms. The number of nitrogens with zero attached hydrogens (tertiary/aromatic N) is 1. The van der Waals surface area contributed by atoms with Crippen LogP contribution in [0.15, 0.2) is 29.6 Å². The first-order valence-corrected chi connectivity index (χ1v) is 5.56. The highest BCUT2D eigenvalue weighted by atomic mass is 32.1. The fourth-order valence-corrected chi connectivity index (χ4v) is 1.91. The van der Waals surface area contributed by atoms with Gasteiger partial charge < -0.3 is 10.4 Å². The van der Waals surface area contributed by atoms with Crippen LogP contribution in [0.1, 0.15) is 10.7 Å². The minimum atomic E-state index is 0.273. The van der Waals surface area contributed by atoms with E-state index in [1.807, 2.05) is 24.4 Å². The molecule has 0 aliphatic rings. The van der Waals surface area contributed by atoms with Gasteiger partial charge in [-0.15, -0.1) is 11.3 Å². The highest BCUT2D eigenvalue weighted by Gasteiger charge is 1.98. The Kier molecular flexibility index (Phi) is 2.87. The molecular weight excluding hydrogens is 208 g/mol. The number of nitrogens with one attached hydrogen (secondary N) is 1. The monoisotopic (exact) mass is 220 g/mol. The van der Waals surface area contributed by atoms with Crippen LogP contribution in [0.5, 0.6) is 5.75 Å². The summed E-state index contributed by atoms with van der Waals surface area (Å²) in [5.41, 5.74) is 1.93. The van der Waals surface area contributed by atoms with Crippen molar-refractivity contribution in [1.82, 2.24) is 4.98 Å². The molecule has 78 valence electrons. The topological polar surface area (TPSA) is 45.2 Å². The summed E-state index contributed by atoms with van der Waals surface area (Å²) in [4.78, 5) is 4.34. The van der Waals surface area contributed by atoms with E-state index in [-0.39, 0.29) is 5.75 Å². The van der Waals surface area contributed by atoms with Gasteiger partial charge in [0.15, 0.2) is 0 Å². The predicted molar refractivity (Wildman–Crippen MR) is 62.3 cm³/mol. The lowest BCUT2D eigenvalue weighted by Gasteiger charge is -2.04. The molecule has 0 fully saturated rings. The fourth-order valence-electron chi connectivity index (χ4n) is 1.30. The molecule has 0 spiro atoms. The van der Waals surface area contributed by atoms with Crippen LogP contribution in [0.3, 0.4) is 0 Å². The fraction of sp³-hybridized carbons (Fsp3) is 0.182. The van der Waals surface area contributed by atoms with E-state index >= 15 is 0 Å². The number of phenols is 1. The van der Waals surface area contributed by atoms with Gasteiger partial charge in [0.25, 0.3) is 0 Å². The summed E-state index contributed by atoms with van der Waals surface area (Å²) in [7, 11) is 0. The maximum Gasteiger partial charge on any atom is 0.117 e. The molecule has 3 nitrogen and oxygen atoms in total. The molecule has 4 heteroatoms. The van der Waals surface area contributed by atoms with Gasteiger partial charge in [0.05, 0.1) is 17.2 Å². The Morgan fingerprint density at radius 3 is 3.00 bits per heavy atom. The van der Waals surface area contributed by atoms with Crippen LogP contribution in [0.25, 0.3) is 0 Å². The minimum Gasteiger partial charge on any atom is -0.508 e. The van der Waals surface area contributed by atoms with Crippen LogP contribution in [-0.4, -0.2) is 10.1 Å². The van der Waals surface area contributed by atoms with E-state index in [0.29, 0.717) is 6.54 Å². The van der Waals surface area contributed by atoms with E-state index < -0.39 is 0 Å². The molecule has 0 unspecified atom stereocenters. The summed E-state index contributed by atoms with van der Waals surface area (Å²) in [5.74, 6) is 0.273. The van der Waals surface area contributed by atoms with Crippen LogP contribution in [0.2, 0.25) is 0 Å². The molecule has 0 atom stereocenters. The maximum atomic E-state index is 9.26. The van der Waals surface area contributed by atoms with Crippen LogP contribution in [0.4, 0.5) is 5.69 Å². The number of hydrogen-bond donors (Lipinski definition) is 2. The van der Waals surface area contributed by atoms with Crippen LogP contribution >= 0.6 is 11.3 Å². The van der Waals surface area contributed by atoms with Crippen LogP contribution in [-0.2, 0) is 6.54 Å². The highest BCUT2D eigenvalue weighted by Crippen LogP contribution is 2.16. The average molecular weight is 220 g/mol. The normalized spacial score (nSPS) is 10.2. The zero-order valence-electron chi connectivity index (χ0n) is 8.40. The molecule has 1 heterocycles. The second-order valence-corrected chi connectivity index (χ2v) is 4.32. The number of aromatic hydroxyl groups is 1. The maximum absolute atomic E-state index is 9.26. The van der Waals surface area contributed by atoms with E-state index in [4.69, 9.17) is 0 Å². The Morgan fingerprint density at radius 1 is 1.47 bits per heavy atom. The molecule has 0 radical (unpaired) electrons.